The third-order valence-electron chi connectivity index (χ3n) is 3.76. The summed E-state index contributed by atoms with van der Waals surface area (Å²) in [5.41, 5.74) is 3.57. The van der Waals surface area contributed by atoms with E-state index in [1.54, 1.807) is 14.0 Å². The first-order valence-electron chi connectivity index (χ1n) is 7.82. The summed E-state index contributed by atoms with van der Waals surface area (Å²) < 4.78 is 5.53. The Balaban J connectivity index is 3.24. The third-order valence-corrected chi connectivity index (χ3v) is 3.76. The SMILES string of the molecule is COc1cc(N(CCC#N)CC(C)C)ccc1/C(C)=C(\C)C#N. The summed E-state index contributed by atoms with van der Waals surface area (Å²) in [6.45, 7) is 9.64. The van der Waals surface area contributed by atoms with Crippen molar-refractivity contribution in [1.82, 2.24) is 0 Å². The van der Waals surface area contributed by atoms with Crippen LogP contribution < -0.4 is 9.64 Å². The first-order chi connectivity index (χ1) is 10.9. The zero-order valence-electron chi connectivity index (χ0n) is 14.7. The Hall–Kier alpha value is -2.46. The van der Waals surface area contributed by atoms with Crippen LogP contribution in [0.25, 0.3) is 5.57 Å². The number of hydrogen-bond donors (Lipinski definition) is 0. The van der Waals surface area contributed by atoms with Gasteiger partial charge in [-0.15, -0.1) is 0 Å². The van der Waals surface area contributed by atoms with Crippen molar-refractivity contribution in [2.45, 2.75) is 34.1 Å². The summed E-state index contributed by atoms with van der Waals surface area (Å²) in [7, 11) is 1.64. The van der Waals surface area contributed by atoms with Crippen LogP contribution in [0.2, 0.25) is 0 Å². The van der Waals surface area contributed by atoms with Crippen LogP contribution in [0.1, 0.15) is 39.7 Å². The number of allylic oxidation sites excluding steroid dienone is 2. The molecule has 0 amide bonds. The van der Waals surface area contributed by atoms with E-state index in [2.05, 4.69) is 30.9 Å². The van der Waals surface area contributed by atoms with Gasteiger partial charge < -0.3 is 9.64 Å². The highest BCUT2D eigenvalue weighted by molar-refractivity contribution is 5.75. The molecule has 122 valence electrons. The fourth-order valence-electron chi connectivity index (χ4n) is 2.42. The van der Waals surface area contributed by atoms with Crippen LogP contribution >= 0.6 is 0 Å². The number of nitrogens with zero attached hydrogens (tertiary/aromatic N) is 3. The molecule has 0 atom stereocenters. The Morgan fingerprint density at radius 2 is 1.96 bits per heavy atom. The van der Waals surface area contributed by atoms with Crippen LogP contribution in [0.5, 0.6) is 5.75 Å². The maximum atomic E-state index is 9.08. The Morgan fingerprint density at radius 3 is 2.48 bits per heavy atom. The molecular weight excluding hydrogens is 286 g/mol. The minimum Gasteiger partial charge on any atom is -0.496 e. The number of methoxy groups -OCH3 is 1. The minimum atomic E-state index is 0.489. The number of benzene rings is 1. The number of rotatable bonds is 7. The van der Waals surface area contributed by atoms with Gasteiger partial charge in [0.25, 0.3) is 0 Å². The highest BCUT2D eigenvalue weighted by Gasteiger charge is 2.13. The van der Waals surface area contributed by atoms with Crippen LogP contribution in [0.4, 0.5) is 5.69 Å². The Kier molecular flexibility index (Phi) is 7.16. The van der Waals surface area contributed by atoms with Crippen molar-refractivity contribution in [3.8, 4) is 17.9 Å². The molecule has 0 spiro atoms. The molecule has 4 nitrogen and oxygen atoms in total. The summed E-state index contributed by atoms with van der Waals surface area (Å²) in [4.78, 5) is 2.20. The predicted molar refractivity (Wildman–Crippen MR) is 94.2 cm³/mol. The molecule has 0 aliphatic heterocycles. The van der Waals surface area contributed by atoms with E-state index in [-0.39, 0.29) is 0 Å². The van der Waals surface area contributed by atoms with Crippen LogP contribution in [0.3, 0.4) is 0 Å². The fourth-order valence-corrected chi connectivity index (χ4v) is 2.42. The Morgan fingerprint density at radius 1 is 1.26 bits per heavy atom. The summed E-state index contributed by atoms with van der Waals surface area (Å²) in [5, 5.41) is 17.9. The number of hydrogen-bond acceptors (Lipinski definition) is 4. The van der Waals surface area contributed by atoms with Crippen molar-refractivity contribution < 1.29 is 4.74 Å². The van der Waals surface area contributed by atoms with Crippen molar-refractivity contribution in [2.75, 3.05) is 25.1 Å². The summed E-state index contributed by atoms with van der Waals surface area (Å²) in [5.74, 6) is 1.25. The normalized spacial score (nSPS) is 11.5. The van der Waals surface area contributed by atoms with E-state index in [0.29, 0.717) is 24.5 Å². The minimum absolute atomic E-state index is 0.489. The standard InChI is InChI=1S/C19H25N3O/c1-14(2)13-22(10-6-9-20)17-7-8-18(19(11-17)23-5)16(4)15(3)12-21/h7-8,11,14H,6,10,13H2,1-5H3/b16-15+. The molecule has 0 fully saturated rings. The smallest absolute Gasteiger partial charge is 0.128 e. The van der Waals surface area contributed by atoms with Gasteiger partial charge in [-0.25, -0.2) is 0 Å². The molecule has 0 aliphatic carbocycles. The topological polar surface area (TPSA) is 60.0 Å². The van der Waals surface area contributed by atoms with Crippen molar-refractivity contribution in [2.24, 2.45) is 5.92 Å². The van der Waals surface area contributed by atoms with Crippen LogP contribution in [-0.4, -0.2) is 20.2 Å². The van der Waals surface area contributed by atoms with E-state index < -0.39 is 0 Å². The maximum Gasteiger partial charge on any atom is 0.128 e. The number of anilines is 1. The molecule has 0 aromatic heterocycles. The highest BCUT2D eigenvalue weighted by Crippen LogP contribution is 2.32. The molecule has 0 heterocycles. The van der Waals surface area contributed by atoms with Crippen LogP contribution in [0.15, 0.2) is 23.8 Å². The lowest BCUT2D eigenvalue weighted by molar-refractivity contribution is 0.413. The monoisotopic (exact) mass is 311 g/mol. The van der Waals surface area contributed by atoms with Crippen molar-refractivity contribution in [1.29, 1.82) is 10.5 Å². The highest BCUT2D eigenvalue weighted by atomic mass is 16.5. The molecule has 0 radical (unpaired) electrons. The molecular formula is C19H25N3O. The van der Waals surface area contributed by atoms with Gasteiger partial charge in [0.1, 0.15) is 5.75 Å². The lowest BCUT2D eigenvalue weighted by atomic mass is 10.0. The Labute approximate surface area is 139 Å². The first kappa shape index (κ1) is 18.6. The molecule has 0 saturated carbocycles. The van der Waals surface area contributed by atoms with Gasteiger partial charge in [0.05, 0.1) is 25.7 Å². The average molecular weight is 311 g/mol. The van der Waals surface area contributed by atoms with E-state index in [0.717, 1.165) is 29.1 Å². The van der Waals surface area contributed by atoms with E-state index in [1.807, 2.05) is 25.1 Å². The average Bonchev–Trinajstić information content (AvgIpc) is 2.56. The van der Waals surface area contributed by atoms with Crippen molar-refractivity contribution >= 4 is 11.3 Å². The van der Waals surface area contributed by atoms with Gasteiger partial charge in [-0.3, -0.25) is 0 Å². The lowest BCUT2D eigenvalue weighted by Gasteiger charge is -2.26. The van der Waals surface area contributed by atoms with Crippen LogP contribution in [-0.2, 0) is 0 Å². The van der Waals surface area contributed by atoms with Gasteiger partial charge >= 0.3 is 0 Å². The lowest BCUT2D eigenvalue weighted by Crippen LogP contribution is -2.28. The van der Waals surface area contributed by atoms with Gasteiger partial charge in [-0.05, 0) is 37.5 Å². The first-order valence-corrected chi connectivity index (χ1v) is 7.82. The second-order valence-corrected chi connectivity index (χ2v) is 5.99. The predicted octanol–water partition coefficient (Wildman–Crippen LogP) is 4.39. The molecule has 1 aromatic rings. The molecule has 0 saturated heterocycles. The molecule has 0 unspecified atom stereocenters. The quantitative estimate of drug-likeness (QED) is 0.701. The number of nitriles is 2. The maximum absolute atomic E-state index is 9.08. The third kappa shape index (κ3) is 5.04. The van der Waals surface area contributed by atoms with E-state index in [4.69, 9.17) is 15.3 Å². The molecule has 0 N–H and O–H groups in total. The zero-order valence-corrected chi connectivity index (χ0v) is 14.7. The number of ether oxygens (including phenoxy) is 1. The second kappa shape index (κ2) is 8.86. The molecule has 4 heteroatoms. The summed E-state index contributed by atoms with van der Waals surface area (Å²) >= 11 is 0. The summed E-state index contributed by atoms with van der Waals surface area (Å²) in [6.07, 6.45) is 0.489. The van der Waals surface area contributed by atoms with Crippen LogP contribution in [0, 0.1) is 28.6 Å². The van der Waals surface area contributed by atoms with Gasteiger partial charge in [-0.1, -0.05) is 13.8 Å². The van der Waals surface area contributed by atoms with Gasteiger partial charge in [-0.2, -0.15) is 10.5 Å². The zero-order chi connectivity index (χ0) is 17.4. The molecule has 1 aromatic carbocycles. The van der Waals surface area contributed by atoms with E-state index in [1.165, 1.54) is 0 Å². The van der Waals surface area contributed by atoms with Gasteiger partial charge in [0.2, 0.25) is 0 Å². The van der Waals surface area contributed by atoms with E-state index in [9.17, 15) is 0 Å². The fraction of sp³-hybridized carbons (Fsp3) is 0.474. The summed E-state index contributed by atoms with van der Waals surface area (Å²) in [6, 6.07) is 10.4. The van der Waals surface area contributed by atoms with Gasteiger partial charge in [0.15, 0.2) is 0 Å². The Bertz CT molecular complexity index is 648. The molecule has 0 bridgehead atoms. The molecule has 0 aliphatic rings. The van der Waals surface area contributed by atoms with Crippen molar-refractivity contribution in [3.63, 3.8) is 0 Å². The second-order valence-electron chi connectivity index (χ2n) is 5.99. The molecule has 1 rings (SSSR count). The largest absolute Gasteiger partial charge is 0.496 e. The van der Waals surface area contributed by atoms with Gasteiger partial charge in [0, 0.05) is 36.0 Å². The van der Waals surface area contributed by atoms with Crippen molar-refractivity contribution in [3.05, 3.63) is 29.3 Å². The molecule has 23 heavy (non-hydrogen) atoms. The van der Waals surface area contributed by atoms with E-state index >= 15 is 0 Å².